The first kappa shape index (κ1) is 13.7. The highest BCUT2D eigenvalue weighted by molar-refractivity contribution is 6.10. The number of hydrogen-bond donors (Lipinski definition) is 2. The molecule has 2 aromatic rings. The minimum atomic E-state index is -1.19. The average molecular weight is 273 g/mol. The quantitative estimate of drug-likeness (QED) is 0.903. The normalized spacial score (nSPS) is 10.1. The lowest BCUT2D eigenvalue weighted by Gasteiger charge is -2.08. The molecule has 0 aliphatic heterocycles. The van der Waals surface area contributed by atoms with E-state index in [-0.39, 0.29) is 16.8 Å². The van der Waals surface area contributed by atoms with Crippen molar-refractivity contribution in [1.29, 1.82) is 0 Å². The molecule has 0 saturated heterocycles. The van der Waals surface area contributed by atoms with Crippen molar-refractivity contribution in [2.45, 2.75) is 6.92 Å². The minimum Gasteiger partial charge on any atom is -0.478 e. The molecule has 0 bridgehead atoms. The molecule has 2 rings (SSSR count). The molecule has 0 unspecified atom stereocenters. The van der Waals surface area contributed by atoms with Crippen molar-refractivity contribution >= 4 is 17.6 Å². The summed E-state index contributed by atoms with van der Waals surface area (Å²) in [5, 5.41) is 11.5. The molecule has 5 heteroatoms. The number of anilines is 1. The van der Waals surface area contributed by atoms with Crippen LogP contribution in [0.5, 0.6) is 0 Å². The summed E-state index contributed by atoms with van der Waals surface area (Å²) in [7, 11) is 0. The molecule has 0 radical (unpaired) electrons. The van der Waals surface area contributed by atoms with Crippen LogP contribution in [0.4, 0.5) is 10.1 Å². The first-order valence-electron chi connectivity index (χ1n) is 5.89. The number of benzene rings is 2. The predicted octanol–water partition coefficient (Wildman–Crippen LogP) is 3.08. The molecule has 0 aliphatic rings. The minimum absolute atomic E-state index is 0.0287. The molecule has 1 amide bonds. The largest absolute Gasteiger partial charge is 0.478 e. The molecule has 2 N–H and O–H groups in total. The lowest BCUT2D eigenvalue weighted by atomic mass is 10.1. The fourth-order valence-electron chi connectivity index (χ4n) is 1.74. The van der Waals surface area contributed by atoms with Crippen LogP contribution in [0.2, 0.25) is 0 Å². The zero-order chi connectivity index (χ0) is 14.7. The van der Waals surface area contributed by atoms with Crippen molar-refractivity contribution in [2.75, 3.05) is 5.32 Å². The third kappa shape index (κ3) is 2.83. The topological polar surface area (TPSA) is 66.4 Å². The van der Waals surface area contributed by atoms with Gasteiger partial charge in [0.15, 0.2) is 0 Å². The summed E-state index contributed by atoms with van der Waals surface area (Å²) in [6.45, 7) is 1.61. The van der Waals surface area contributed by atoms with Crippen LogP contribution in [-0.4, -0.2) is 17.0 Å². The molecular formula is C15H12FNO3. The van der Waals surface area contributed by atoms with E-state index in [0.717, 1.165) is 0 Å². The van der Waals surface area contributed by atoms with Gasteiger partial charge in [-0.3, -0.25) is 4.79 Å². The van der Waals surface area contributed by atoms with Crippen molar-refractivity contribution in [1.82, 2.24) is 0 Å². The molecule has 0 atom stereocenters. The van der Waals surface area contributed by atoms with Crippen molar-refractivity contribution in [2.24, 2.45) is 0 Å². The molecule has 0 aliphatic carbocycles. The Morgan fingerprint density at radius 3 is 2.35 bits per heavy atom. The monoisotopic (exact) mass is 273 g/mol. The highest BCUT2D eigenvalue weighted by Gasteiger charge is 2.16. The van der Waals surface area contributed by atoms with Crippen LogP contribution in [0.1, 0.15) is 26.3 Å². The number of carbonyl (C=O) groups is 2. The SMILES string of the molecule is Cc1ccc(NC(=O)c2ccccc2C(=O)O)cc1F. The van der Waals surface area contributed by atoms with Crippen molar-refractivity contribution in [3.8, 4) is 0 Å². The molecule has 0 aromatic heterocycles. The van der Waals surface area contributed by atoms with Crippen molar-refractivity contribution in [3.63, 3.8) is 0 Å². The summed E-state index contributed by atoms with van der Waals surface area (Å²) in [4.78, 5) is 23.1. The van der Waals surface area contributed by atoms with Gasteiger partial charge in [0.2, 0.25) is 0 Å². The Bertz CT molecular complexity index is 683. The van der Waals surface area contributed by atoms with E-state index < -0.39 is 17.7 Å². The van der Waals surface area contributed by atoms with Crippen LogP contribution in [0.15, 0.2) is 42.5 Å². The van der Waals surface area contributed by atoms with Gasteiger partial charge in [0.05, 0.1) is 11.1 Å². The molecule has 0 heterocycles. The Morgan fingerprint density at radius 2 is 1.75 bits per heavy atom. The van der Waals surface area contributed by atoms with Crippen LogP contribution < -0.4 is 5.32 Å². The number of nitrogens with one attached hydrogen (secondary N) is 1. The first-order chi connectivity index (χ1) is 9.49. The van der Waals surface area contributed by atoms with Gasteiger partial charge >= 0.3 is 5.97 Å². The number of halogens is 1. The molecular weight excluding hydrogens is 261 g/mol. The standard InChI is InChI=1S/C15H12FNO3/c1-9-6-7-10(8-13(9)16)17-14(18)11-4-2-3-5-12(11)15(19)20/h2-8H,1H3,(H,17,18)(H,19,20). The number of carboxylic acid groups (broad SMARTS) is 1. The van der Waals surface area contributed by atoms with E-state index in [4.69, 9.17) is 5.11 Å². The van der Waals surface area contributed by atoms with E-state index in [9.17, 15) is 14.0 Å². The highest BCUT2D eigenvalue weighted by Crippen LogP contribution is 2.16. The molecule has 4 nitrogen and oxygen atoms in total. The summed E-state index contributed by atoms with van der Waals surface area (Å²) in [5.74, 6) is -2.22. The van der Waals surface area contributed by atoms with E-state index in [1.165, 1.54) is 30.3 Å². The van der Waals surface area contributed by atoms with Gasteiger partial charge in [-0.05, 0) is 36.8 Å². The van der Waals surface area contributed by atoms with E-state index in [1.54, 1.807) is 19.1 Å². The molecule has 102 valence electrons. The van der Waals surface area contributed by atoms with E-state index in [1.807, 2.05) is 0 Å². The lowest BCUT2D eigenvalue weighted by molar-refractivity contribution is 0.0692. The number of carboxylic acids is 1. The predicted molar refractivity (Wildman–Crippen MR) is 72.5 cm³/mol. The Hall–Kier alpha value is -2.69. The first-order valence-corrected chi connectivity index (χ1v) is 5.89. The van der Waals surface area contributed by atoms with Gasteiger partial charge in [0.25, 0.3) is 5.91 Å². The smallest absolute Gasteiger partial charge is 0.336 e. The van der Waals surface area contributed by atoms with Gasteiger partial charge in [0, 0.05) is 5.69 Å². The van der Waals surface area contributed by atoms with Crippen molar-refractivity contribution in [3.05, 3.63) is 65.0 Å². The van der Waals surface area contributed by atoms with Crippen molar-refractivity contribution < 1.29 is 19.1 Å². The van der Waals surface area contributed by atoms with Gasteiger partial charge in [-0.1, -0.05) is 18.2 Å². The molecule has 2 aromatic carbocycles. The molecule has 0 fully saturated rings. The Labute approximate surface area is 114 Å². The fourth-order valence-corrected chi connectivity index (χ4v) is 1.74. The van der Waals surface area contributed by atoms with E-state index in [0.29, 0.717) is 5.56 Å². The van der Waals surface area contributed by atoms with Gasteiger partial charge in [-0.15, -0.1) is 0 Å². The zero-order valence-corrected chi connectivity index (χ0v) is 10.7. The maximum Gasteiger partial charge on any atom is 0.336 e. The summed E-state index contributed by atoms with van der Waals surface area (Å²) in [6, 6.07) is 10.1. The second-order valence-electron chi connectivity index (χ2n) is 4.27. The highest BCUT2D eigenvalue weighted by atomic mass is 19.1. The third-order valence-electron chi connectivity index (χ3n) is 2.83. The maximum absolute atomic E-state index is 13.4. The fraction of sp³-hybridized carbons (Fsp3) is 0.0667. The number of aromatic carboxylic acids is 1. The van der Waals surface area contributed by atoms with Crippen LogP contribution >= 0.6 is 0 Å². The van der Waals surface area contributed by atoms with Gasteiger partial charge in [0.1, 0.15) is 5.82 Å². The Morgan fingerprint density at radius 1 is 1.10 bits per heavy atom. The summed E-state index contributed by atoms with van der Waals surface area (Å²) >= 11 is 0. The van der Waals surface area contributed by atoms with Gasteiger partial charge < -0.3 is 10.4 Å². The number of aryl methyl sites for hydroxylation is 1. The second kappa shape index (κ2) is 5.52. The summed E-state index contributed by atoms with van der Waals surface area (Å²) in [6.07, 6.45) is 0. The van der Waals surface area contributed by atoms with Crippen LogP contribution in [0, 0.1) is 12.7 Å². The second-order valence-corrected chi connectivity index (χ2v) is 4.27. The summed E-state index contributed by atoms with van der Waals surface area (Å²) in [5.41, 5.74) is 0.672. The third-order valence-corrected chi connectivity index (χ3v) is 2.83. The van der Waals surface area contributed by atoms with Crippen LogP contribution in [0.3, 0.4) is 0 Å². The maximum atomic E-state index is 13.4. The van der Waals surface area contributed by atoms with Crippen LogP contribution in [0.25, 0.3) is 0 Å². The molecule has 20 heavy (non-hydrogen) atoms. The summed E-state index contributed by atoms with van der Waals surface area (Å²) < 4.78 is 13.4. The molecule has 0 spiro atoms. The van der Waals surface area contributed by atoms with E-state index >= 15 is 0 Å². The number of rotatable bonds is 3. The zero-order valence-electron chi connectivity index (χ0n) is 10.7. The van der Waals surface area contributed by atoms with Crippen LogP contribution in [-0.2, 0) is 0 Å². The lowest BCUT2D eigenvalue weighted by Crippen LogP contribution is -2.16. The number of carbonyl (C=O) groups excluding carboxylic acids is 1. The molecule has 0 saturated carbocycles. The average Bonchev–Trinajstić information content (AvgIpc) is 2.43. The van der Waals surface area contributed by atoms with Gasteiger partial charge in [-0.2, -0.15) is 0 Å². The Kier molecular flexibility index (Phi) is 3.79. The van der Waals surface area contributed by atoms with Gasteiger partial charge in [-0.25, -0.2) is 9.18 Å². The number of hydrogen-bond acceptors (Lipinski definition) is 2. The Balaban J connectivity index is 2.28. The van der Waals surface area contributed by atoms with E-state index in [2.05, 4.69) is 5.32 Å². The number of amides is 1.